The van der Waals surface area contributed by atoms with Crippen molar-refractivity contribution in [2.24, 2.45) is 5.92 Å². The van der Waals surface area contributed by atoms with Gasteiger partial charge in [0.1, 0.15) is 5.75 Å². The third kappa shape index (κ3) is 2.18. The van der Waals surface area contributed by atoms with Gasteiger partial charge in [0.05, 0.1) is 0 Å². The molecule has 0 unspecified atom stereocenters. The first-order valence-electron chi connectivity index (χ1n) is 7.37. The summed E-state index contributed by atoms with van der Waals surface area (Å²) in [5.74, 6) is 1.68. The van der Waals surface area contributed by atoms with Crippen molar-refractivity contribution in [2.75, 3.05) is 13.1 Å². The third-order valence-electron chi connectivity index (χ3n) is 5.00. The minimum atomic E-state index is 0.405. The van der Waals surface area contributed by atoms with E-state index < -0.39 is 0 Å². The molecule has 1 N–H and O–H groups in total. The average molecular weight is 257 g/mol. The van der Waals surface area contributed by atoms with E-state index in [1.165, 1.54) is 30.5 Å². The largest absolute Gasteiger partial charge is 0.508 e. The molecule has 0 aromatic heterocycles. The molecule has 0 saturated carbocycles. The van der Waals surface area contributed by atoms with Crippen LogP contribution in [0, 0.1) is 5.92 Å². The molecular weight excluding hydrogens is 234 g/mol. The van der Waals surface area contributed by atoms with E-state index in [1.54, 1.807) is 0 Å². The van der Waals surface area contributed by atoms with Crippen molar-refractivity contribution < 1.29 is 5.11 Å². The average Bonchev–Trinajstić information content (AvgIpc) is 2.41. The Morgan fingerprint density at radius 1 is 1.47 bits per heavy atom. The molecule has 1 aliphatic heterocycles. The van der Waals surface area contributed by atoms with Crippen molar-refractivity contribution >= 4 is 0 Å². The summed E-state index contributed by atoms with van der Waals surface area (Å²) in [6, 6.07) is 6.56. The highest BCUT2D eigenvalue weighted by atomic mass is 16.3. The molecule has 19 heavy (non-hydrogen) atoms. The monoisotopic (exact) mass is 257 g/mol. The SMILES string of the molecule is C=CCN1CCC[C@H]2[C@H](C)c3cc(O)ccc3C[C@H]21. The van der Waals surface area contributed by atoms with Crippen molar-refractivity contribution in [3.8, 4) is 5.75 Å². The van der Waals surface area contributed by atoms with Crippen LogP contribution in [-0.4, -0.2) is 29.1 Å². The van der Waals surface area contributed by atoms with Crippen LogP contribution in [0.5, 0.6) is 5.75 Å². The molecular formula is C17H23NO. The highest BCUT2D eigenvalue weighted by molar-refractivity contribution is 5.40. The number of benzene rings is 1. The lowest BCUT2D eigenvalue weighted by Gasteiger charge is -2.47. The van der Waals surface area contributed by atoms with Gasteiger partial charge in [-0.25, -0.2) is 0 Å². The fourth-order valence-corrected chi connectivity index (χ4v) is 4.06. The molecule has 0 spiro atoms. The molecule has 3 atom stereocenters. The Bertz CT molecular complexity index is 482. The van der Waals surface area contributed by atoms with Gasteiger partial charge in [-0.3, -0.25) is 4.90 Å². The molecule has 2 nitrogen and oxygen atoms in total. The second kappa shape index (κ2) is 5.01. The Labute approximate surface area is 115 Å². The Kier molecular flexibility index (Phi) is 3.36. The highest BCUT2D eigenvalue weighted by Crippen LogP contribution is 2.43. The van der Waals surface area contributed by atoms with Gasteiger partial charge in [-0.15, -0.1) is 6.58 Å². The van der Waals surface area contributed by atoms with Gasteiger partial charge < -0.3 is 5.11 Å². The molecule has 3 rings (SSSR count). The summed E-state index contributed by atoms with van der Waals surface area (Å²) in [6.45, 7) is 8.42. The van der Waals surface area contributed by atoms with Crippen LogP contribution in [0.15, 0.2) is 30.9 Å². The molecule has 1 aromatic rings. The fourth-order valence-electron chi connectivity index (χ4n) is 4.06. The van der Waals surface area contributed by atoms with Crippen LogP contribution in [0.1, 0.15) is 36.8 Å². The van der Waals surface area contributed by atoms with Crippen LogP contribution in [0.25, 0.3) is 0 Å². The van der Waals surface area contributed by atoms with Crippen LogP contribution in [-0.2, 0) is 6.42 Å². The van der Waals surface area contributed by atoms with Crippen LogP contribution in [0.3, 0.4) is 0 Å². The molecule has 0 amide bonds. The van der Waals surface area contributed by atoms with Gasteiger partial charge >= 0.3 is 0 Å². The fraction of sp³-hybridized carbons (Fsp3) is 0.529. The lowest BCUT2D eigenvalue weighted by Crippen LogP contribution is -2.50. The van der Waals surface area contributed by atoms with Crippen molar-refractivity contribution in [1.82, 2.24) is 4.90 Å². The maximum absolute atomic E-state index is 9.71. The molecule has 1 fully saturated rings. The van der Waals surface area contributed by atoms with Gasteiger partial charge in [0.2, 0.25) is 0 Å². The third-order valence-corrected chi connectivity index (χ3v) is 5.00. The molecule has 1 aromatic carbocycles. The summed E-state index contributed by atoms with van der Waals surface area (Å²) < 4.78 is 0. The summed E-state index contributed by atoms with van der Waals surface area (Å²) in [5.41, 5.74) is 2.78. The number of piperidine rings is 1. The standard InChI is InChI=1S/C17H23NO/c1-3-8-18-9-4-5-15-12(2)16-11-14(19)7-6-13(16)10-17(15)18/h3,6-7,11-12,15,17,19H,1,4-5,8-10H2,2H3/t12-,15-,17+/m0/s1. The maximum atomic E-state index is 9.71. The molecule has 1 saturated heterocycles. The van der Waals surface area contributed by atoms with E-state index in [1.807, 2.05) is 18.2 Å². The molecule has 0 radical (unpaired) electrons. The van der Waals surface area contributed by atoms with Crippen LogP contribution in [0.2, 0.25) is 0 Å². The number of fused-ring (bicyclic) bond motifs is 2. The number of phenols is 1. The van der Waals surface area contributed by atoms with E-state index in [2.05, 4.69) is 24.5 Å². The number of rotatable bonds is 2. The quantitative estimate of drug-likeness (QED) is 0.822. The molecule has 102 valence electrons. The predicted molar refractivity (Wildman–Crippen MR) is 78.5 cm³/mol. The minimum absolute atomic E-state index is 0.405. The molecule has 2 aliphatic rings. The highest BCUT2D eigenvalue weighted by Gasteiger charge is 2.39. The number of phenolic OH excluding ortho intramolecular Hbond substituents is 1. The van der Waals surface area contributed by atoms with Crippen molar-refractivity contribution in [1.29, 1.82) is 0 Å². The van der Waals surface area contributed by atoms with E-state index in [4.69, 9.17) is 0 Å². The van der Waals surface area contributed by atoms with Gasteiger partial charge in [-0.05, 0) is 60.9 Å². The summed E-state index contributed by atoms with van der Waals surface area (Å²) >= 11 is 0. The van der Waals surface area contributed by atoms with Gasteiger partial charge in [0.15, 0.2) is 0 Å². The predicted octanol–water partition coefficient (Wildman–Crippen LogP) is 3.32. The summed E-state index contributed by atoms with van der Waals surface area (Å²) in [5, 5.41) is 9.71. The normalized spacial score (nSPS) is 30.5. The Morgan fingerprint density at radius 2 is 2.32 bits per heavy atom. The molecule has 0 bridgehead atoms. The maximum Gasteiger partial charge on any atom is 0.115 e. The second-order valence-corrected chi connectivity index (χ2v) is 6.03. The Morgan fingerprint density at radius 3 is 3.11 bits per heavy atom. The topological polar surface area (TPSA) is 23.5 Å². The summed E-state index contributed by atoms with van der Waals surface area (Å²) in [7, 11) is 0. The van der Waals surface area contributed by atoms with E-state index >= 15 is 0 Å². The van der Waals surface area contributed by atoms with Crippen LogP contribution < -0.4 is 0 Å². The second-order valence-electron chi connectivity index (χ2n) is 6.03. The zero-order chi connectivity index (χ0) is 13.4. The smallest absolute Gasteiger partial charge is 0.115 e. The first-order valence-corrected chi connectivity index (χ1v) is 7.37. The number of likely N-dealkylation sites (tertiary alicyclic amines) is 1. The first kappa shape index (κ1) is 12.7. The lowest BCUT2D eigenvalue weighted by molar-refractivity contribution is 0.0830. The van der Waals surface area contributed by atoms with Crippen molar-refractivity contribution in [2.45, 2.75) is 38.1 Å². The summed E-state index contributed by atoms with van der Waals surface area (Å²) in [6.07, 6.45) is 5.75. The zero-order valence-corrected chi connectivity index (χ0v) is 11.7. The number of nitrogens with zero attached hydrogens (tertiary/aromatic N) is 1. The number of aromatic hydroxyl groups is 1. The Hall–Kier alpha value is -1.28. The van der Waals surface area contributed by atoms with Gasteiger partial charge in [0, 0.05) is 12.6 Å². The van der Waals surface area contributed by atoms with Crippen LogP contribution >= 0.6 is 0 Å². The molecule has 2 heteroatoms. The first-order chi connectivity index (χ1) is 9.20. The molecule has 1 aliphatic carbocycles. The van der Waals surface area contributed by atoms with E-state index in [9.17, 15) is 5.11 Å². The van der Waals surface area contributed by atoms with Gasteiger partial charge in [-0.1, -0.05) is 19.1 Å². The lowest BCUT2D eigenvalue weighted by atomic mass is 9.69. The zero-order valence-electron chi connectivity index (χ0n) is 11.7. The van der Waals surface area contributed by atoms with E-state index in [0.29, 0.717) is 17.7 Å². The number of hydrogen-bond acceptors (Lipinski definition) is 2. The van der Waals surface area contributed by atoms with E-state index in [-0.39, 0.29) is 0 Å². The van der Waals surface area contributed by atoms with Gasteiger partial charge in [0.25, 0.3) is 0 Å². The Balaban J connectivity index is 1.95. The minimum Gasteiger partial charge on any atom is -0.508 e. The summed E-state index contributed by atoms with van der Waals surface area (Å²) in [4.78, 5) is 2.59. The molecule has 1 heterocycles. The van der Waals surface area contributed by atoms with Crippen molar-refractivity contribution in [3.05, 3.63) is 42.0 Å². The van der Waals surface area contributed by atoms with Crippen molar-refractivity contribution in [3.63, 3.8) is 0 Å². The van der Waals surface area contributed by atoms with E-state index in [0.717, 1.165) is 18.9 Å². The number of hydrogen-bond donors (Lipinski definition) is 1. The van der Waals surface area contributed by atoms with Crippen LogP contribution in [0.4, 0.5) is 0 Å². The van der Waals surface area contributed by atoms with Gasteiger partial charge in [-0.2, -0.15) is 0 Å².